The smallest absolute Gasteiger partial charge is 0.144 e. The Labute approximate surface area is 161 Å². The number of hydrogen-bond donors (Lipinski definition) is 0. The first kappa shape index (κ1) is 17.5. The molecule has 0 aliphatic carbocycles. The Bertz CT molecular complexity index is 884. The largest absolute Gasteiger partial charge is 0.497 e. The summed E-state index contributed by atoms with van der Waals surface area (Å²) in [4.78, 5) is 0. The van der Waals surface area contributed by atoms with E-state index in [1.165, 1.54) is 21.2 Å². The molecule has 0 heterocycles. The number of ether oxygens (including phenoxy) is 1. The molecule has 0 amide bonds. The average Bonchev–Trinajstić information content (AvgIpc) is 2.77. The number of methoxy groups -OCH3 is 1. The van der Waals surface area contributed by atoms with Crippen molar-refractivity contribution in [1.29, 1.82) is 0 Å². The Morgan fingerprint density at radius 2 is 0.778 bits per heavy atom. The van der Waals surface area contributed by atoms with Crippen molar-refractivity contribution < 1.29 is 4.74 Å². The lowest BCUT2D eigenvalue weighted by Gasteiger charge is -2.27. The van der Waals surface area contributed by atoms with E-state index in [1.54, 1.807) is 7.11 Å². The van der Waals surface area contributed by atoms with Crippen LogP contribution in [-0.4, -0.2) is 7.11 Å². The minimum atomic E-state index is -1.99. The first-order valence-corrected chi connectivity index (χ1v) is 10.8. The van der Waals surface area contributed by atoms with Crippen molar-refractivity contribution in [3.05, 3.63) is 115 Å². The van der Waals surface area contributed by atoms with E-state index in [9.17, 15) is 0 Å². The maximum absolute atomic E-state index is 5.41. The molecule has 4 aromatic carbocycles. The summed E-state index contributed by atoms with van der Waals surface area (Å²) in [6.07, 6.45) is 0. The van der Waals surface area contributed by atoms with Crippen molar-refractivity contribution in [2.75, 3.05) is 7.11 Å². The van der Waals surface area contributed by atoms with Gasteiger partial charge in [0.25, 0.3) is 0 Å². The lowest BCUT2D eigenvalue weighted by molar-refractivity contribution is 0.415. The monoisotopic (exact) mass is 369 g/mol. The molecule has 0 aliphatic rings. The molecule has 4 aromatic rings. The van der Waals surface area contributed by atoms with Gasteiger partial charge in [0.1, 0.15) is 34.2 Å². The van der Waals surface area contributed by atoms with Gasteiger partial charge in [-0.05, 0) is 60.7 Å². The summed E-state index contributed by atoms with van der Waals surface area (Å²) in [6.45, 7) is 0. The fraction of sp³-hybridized carbons (Fsp3) is 0.0400. The highest BCUT2D eigenvalue weighted by molar-refractivity contribution is 8.01. The van der Waals surface area contributed by atoms with Crippen LogP contribution in [-0.2, 0) is 0 Å². The van der Waals surface area contributed by atoms with Crippen molar-refractivity contribution in [3.8, 4) is 5.75 Å². The Morgan fingerprint density at radius 1 is 0.444 bits per heavy atom. The third-order valence-corrected chi connectivity index (χ3v) is 9.18. The molecule has 1 nitrogen and oxygen atoms in total. The highest BCUT2D eigenvalue weighted by atomic mass is 31.2. The zero-order chi connectivity index (χ0) is 18.5. The Balaban J connectivity index is 2.09. The Kier molecular flexibility index (Phi) is 5.05. The van der Waals surface area contributed by atoms with Crippen molar-refractivity contribution in [1.82, 2.24) is 0 Å². The Morgan fingerprint density at radius 3 is 1.11 bits per heavy atom. The number of rotatable bonds is 5. The Hall–Kier alpha value is -2.89. The molecule has 0 atom stereocenters. The third-order valence-electron chi connectivity index (χ3n) is 4.89. The fourth-order valence-electron chi connectivity index (χ4n) is 3.66. The van der Waals surface area contributed by atoms with Crippen molar-refractivity contribution in [2.45, 2.75) is 0 Å². The van der Waals surface area contributed by atoms with Crippen LogP contribution in [0.4, 0.5) is 0 Å². The van der Waals surface area contributed by atoms with Crippen LogP contribution in [0.5, 0.6) is 5.75 Å². The maximum Gasteiger partial charge on any atom is 0.144 e. The summed E-state index contributed by atoms with van der Waals surface area (Å²) in [6, 6.07) is 41.2. The van der Waals surface area contributed by atoms with Gasteiger partial charge in [-0.2, -0.15) is 0 Å². The molecule has 0 saturated heterocycles. The summed E-state index contributed by atoms with van der Waals surface area (Å²) in [5.74, 6) is 0.881. The molecular weight excluding hydrogens is 347 g/mol. The van der Waals surface area contributed by atoms with Gasteiger partial charge in [0.2, 0.25) is 0 Å². The van der Waals surface area contributed by atoms with Crippen LogP contribution >= 0.6 is 7.26 Å². The van der Waals surface area contributed by atoms with Crippen LogP contribution in [0.25, 0.3) is 0 Å². The van der Waals surface area contributed by atoms with Gasteiger partial charge in [0.15, 0.2) is 0 Å². The predicted octanol–water partition coefficient (Wildman–Crippen LogP) is 4.31. The van der Waals surface area contributed by atoms with E-state index in [2.05, 4.69) is 115 Å². The van der Waals surface area contributed by atoms with Gasteiger partial charge in [-0.1, -0.05) is 54.6 Å². The second-order valence-corrected chi connectivity index (χ2v) is 9.78. The zero-order valence-corrected chi connectivity index (χ0v) is 16.2. The standard InChI is InChI=1S/C25H22OP/c1-26-21-17-19-25(20-18-21)27(22-11-5-2-6-12-22,23-13-7-3-8-14-23)24-15-9-4-10-16-24/h2-20H,1H3/q+1. The normalized spacial score (nSPS) is 11.1. The molecule has 132 valence electrons. The third kappa shape index (κ3) is 3.16. The summed E-state index contributed by atoms with van der Waals surface area (Å²) >= 11 is 0. The van der Waals surface area contributed by atoms with Crippen LogP contribution in [0.15, 0.2) is 115 Å². The van der Waals surface area contributed by atoms with E-state index >= 15 is 0 Å². The predicted molar refractivity (Wildman–Crippen MR) is 118 cm³/mol. The van der Waals surface area contributed by atoms with E-state index in [1.807, 2.05) is 0 Å². The molecule has 4 rings (SSSR count). The molecule has 0 unspecified atom stereocenters. The van der Waals surface area contributed by atoms with Crippen molar-refractivity contribution in [2.24, 2.45) is 0 Å². The molecule has 0 aromatic heterocycles. The van der Waals surface area contributed by atoms with Crippen LogP contribution in [0.1, 0.15) is 0 Å². The molecular formula is C25H22OP+. The van der Waals surface area contributed by atoms with Gasteiger partial charge in [0, 0.05) is 0 Å². The van der Waals surface area contributed by atoms with E-state index in [4.69, 9.17) is 4.74 Å². The molecule has 0 radical (unpaired) electrons. The second kappa shape index (κ2) is 7.78. The lowest BCUT2D eigenvalue weighted by atomic mass is 10.3. The van der Waals surface area contributed by atoms with E-state index in [0.717, 1.165) is 5.75 Å². The van der Waals surface area contributed by atoms with Gasteiger partial charge in [-0.3, -0.25) is 0 Å². The van der Waals surface area contributed by atoms with Gasteiger partial charge in [0.05, 0.1) is 7.11 Å². The van der Waals surface area contributed by atoms with E-state index in [0.29, 0.717) is 0 Å². The summed E-state index contributed by atoms with van der Waals surface area (Å²) in [7, 11) is -0.280. The summed E-state index contributed by atoms with van der Waals surface area (Å²) in [5, 5.41) is 5.39. The lowest BCUT2D eigenvalue weighted by Crippen LogP contribution is -2.38. The number of benzene rings is 4. The highest BCUT2D eigenvalue weighted by Crippen LogP contribution is 2.54. The summed E-state index contributed by atoms with van der Waals surface area (Å²) in [5.41, 5.74) is 0. The second-order valence-electron chi connectivity index (χ2n) is 6.38. The molecule has 0 spiro atoms. The maximum atomic E-state index is 5.41. The molecule has 2 heteroatoms. The highest BCUT2D eigenvalue weighted by Gasteiger charge is 2.47. The van der Waals surface area contributed by atoms with Crippen LogP contribution < -0.4 is 26.0 Å². The van der Waals surface area contributed by atoms with Crippen LogP contribution in [0.3, 0.4) is 0 Å². The van der Waals surface area contributed by atoms with Gasteiger partial charge < -0.3 is 4.74 Å². The molecule has 27 heavy (non-hydrogen) atoms. The van der Waals surface area contributed by atoms with Crippen LogP contribution in [0.2, 0.25) is 0 Å². The first-order chi connectivity index (χ1) is 13.4. The minimum absolute atomic E-state index is 0.881. The van der Waals surface area contributed by atoms with Gasteiger partial charge in [-0.25, -0.2) is 0 Å². The zero-order valence-electron chi connectivity index (χ0n) is 15.3. The van der Waals surface area contributed by atoms with Crippen LogP contribution in [0, 0.1) is 0 Å². The molecule has 0 bridgehead atoms. The van der Waals surface area contributed by atoms with Crippen molar-refractivity contribution in [3.63, 3.8) is 0 Å². The fourth-order valence-corrected chi connectivity index (χ4v) is 7.90. The van der Waals surface area contributed by atoms with Gasteiger partial charge >= 0.3 is 0 Å². The molecule has 0 fully saturated rings. The van der Waals surface area contributed by atoms with E-state index in [-0.39, 0.29) is 0 Å². The molecule has 0 aliphatic heterocycles. The molecule has 0 N–H and O–H groups in total. The average molecular weight is 369 g/mol. The number of hydrogen-bond acceptors (Lipinski definition) is 1. The van der Waals surface area contributed by atoms with E-state index < -0.39 is 7.26 Å². The van der Waals surface area contributed by atoms with Gasteiger partial charge in [-0.15, -0.1) is 0 Å². The first-order valence-electron chi connectivity index (χ1n) is 9.06. The molecule has 0 saturated carbocycles. The SMILES string of the molecule is COc1ccc([P+](c2ccccc2)(c2ccccc2)c2ccccc2)cc1. The quantitative estimate of drug-likeness (QED) is 0.476. The van der Waals surface area contributed by atoms with Crippen molar-refractivity contribution >= 4 is 28.5 Å². The minimum Gasteiger partial charge on any atom is -0.497 e. The summed E-state index contributed by atoms with van der Waals surface area (Å²) < 4.78 is 5.41. The topological polar surface area (TPSA) is 9.23 Å².